The predicted octanol–water partition coefficient (Wildman–Crippen LogP) is 1.49. The minimum Gasteiger partial charge on any atom is -0.490 e. The Morgan fingerprint density at radius 3 is 2.71 bits per heavy atom. The molecule has 3 rings (SSSR count). The number of aliphatic hydroxyl groups is 1. The van der Waals surface area contributed by atoms with E-state index in [-0.39, 0.29) is 0 Å². The molecule has 1 heterocycles. The Hall–Kier alpha value is -1.95. The van der Waals surface area contributed by atoms with Crippen LogP contribution in [0.25, 0.3) is 0 Å². The molecule has 21 heavy (non-hydrogen) atoms. The Bertz CT molecular complexity index is 541. The number of hydrogen-bond acceptors (Lipinski definition) is 4. The number of aliphatic imine (C=N–C) groups is 1. The maximum absolute atomic E-state index is 9.99. The number of benzene rings is 1. The van der Waals surface area contributed by atoms with Gasteiger partial charge in [0, 0.05) is 18.2 Å². The van der Waals surface area contributed by atoms with Gasteiger partial charge in [0.2, 0.25) is 0 Å². The first kappa shape index (κ1) is 14.0. The Kier molecular flexibility index (Phi) is 3.88. The molecule has 6 heteroatoms. The van der Waals surface area contributed by atoms with Crippen LogP contribution < -0.4 is 20.5 Å². The molecule has 1 aromatic carbocycles. The van der Waals surface area contributed by atoms with Gasteiger partial charge in [0.05, 0.1) is 25.4 Å². The second kappa shape index (κ2) is 5.81. The van der Waals surface area contributed by atoms with E-state index in [2.05, 4.69) is 10.3 Å². The monoisotopic (exact) mass is 291 g/mol. The molecule has 2 aliphatic rings. The third-order valence-electron chi connectivity index (χ3n) is 3.85. The summed E-state index contributed by atoms with van der Waals surface area (Å²) in [5.41, 5.74) is 5.99. The van der Waals surface area contributed by atoms with Gasteiger partial charge in [0.15, 0.2) is 17.5 Å². The van der Waals surface area contributed by atoms with Gasteiger partial charge in [0.1, 0.15) is 0 Å². The van der Waals surface area contributed by atoms with Gasteiger partial charge < -0.3 is 25.6 Å². The smallest absolute Gasteiger partial charge is 0.193 e. The molecule has 4 N–H and O–H groups in total. The van der Waals surface area contributed by atoms with Gasteiger partial charge in [-0.05, 0) is 31.4 Å². The highest BCUT2D eigenvalue weighted by atomic mass is 16.5. The largest absolute Gasteiger partial charge is 0.490 e. The minimum absolute atomic E-state index is 0.296. The van der Waals surface area contributed by atoms with Crippen molar-refractivity contribution in [3.05, 3.63) is 18.2 Å². The maximum Gasteiger partial charge on any atom is 0.193 e. The fraction of sp³-hybridized carbons (Fsp3) is 0.533. The van der Waals surface area contributed by atoms with Crippen LogP contribution in [-0.2, 0) is 0 Å². The van der Waals surface area contributed by atoms with E-state index >= 15 is 0 Å². The zero-order valence-corrected chi connectivity index (χ0v) is 12.0. The highest BCUT2D eigenvalue weighted by Crippen LogP contribution is 2.33. The number of nitrogens with zero attached hydrogens (tertiary/aromatic N) is 1. The van der Waals surface area contributed by atoms with E-state index in [1.54, 1.807) is 0 Å². The number of fused-ring (bicyclic) bond motifs is 1. The average molecular weight is 291 g/mol. The van der Waals surface area contributed by atoms with Crippen LogP contribution in [0.5, 0.6) is 11.5 Å². The van der Waals surface area contributed by atoms with Crippen LogP contribution in [0.4, 0.5) is 5.69 Å². The van der Waals surface area contributed by atoms with Crippen LogP contribution in [0.15, 0.2) is 23.2 Å². The summed E-state index contributed by atoms with van der Waals surface area (Å²) < 4.78 is 11.2. The van der Waals surface area contributed by atoms with Crippen molar-refractivity contribution >= 4 is 11.6 Å². The highest BCUT2D eigenvalue weighted by Gasteiger charge is 2.33. The molecular weight excluding hydrogens is 270 g/mol. The van der Waals surface area contributed by atoms with Crippen molar-refractivity contribution in [2.45, 2.75) is 31.3 Å². The van der Waals surface area contributed by atoms with Crippen molar-refractivity contribution in [3.63, 3.8) is 0 Å². The highest BCUT2D eigenvalue weighted by molar-refractivity contribution is 5.92. The van der Waals surface area contributed by atoms with Gasteiger partial charge >= 0.3 is 0 Å². The van der Waals surface area contributed by atoms with Gasteiger partial charge in [-0.25, -0.2) is 0 Å². The van der Waals surface area contributed by atoms with E-state index in [0.717, 1.165) is 37.1 Å². The van der Waals surface area contributed by atoms with Crippen molar-refractivity contribution in [2.75, 3.05) is 25.1 Å². The normalized spacial score (nSPS) is 20.3. The predicted molar refractivity (Wildman–Crippen MR) is 81.0 cm³/mol. The molecular formula is C15H21N3O3. The fourth-order valence-corrected chi connectivity index (χ4v) is 2.40. The lowest BCUT2D eigenvalue weighted by Gasteiger charge is -2.34. The number of nitrogens with one attached hydrogen (secondary N) is 1. The summed E-state index contributed by atoms with van der Waals surface area (Å²) >= 11 is 0. The second-order valence-corrected chi connectivity index (χ2v) is 5.62. The maximum atomic E-state index is 9.99. The summed E-state index contributed by atoms with van der Waals surface area (Å²) in [7, 11) is 0. The first-order valence-electron chi connectivity index (χ1n) is 7.34. The summed E-state index contributed by atoms with van der Waals surface area (Å²) in [6.45, 7) is 1.66. The van der Waals surface area contributed by atoms with Crippen molar-refractivity contribution in [2.24, 2.45) is 10.7 Å². The van der Waals surface area contributed by atoms with E-state index < -0.39 is 5.60 Å². The summed E-state index contributed by atoms with van der Waals surface area (Å²) in [4.78, 5) is 4.21. The number of rotatable bonds is 3. The lowest BCUT2D eigenvalue weighted by molar-refractivity contribution is -0.0235. The Morgan fingerprint density at radius 1 is 1.24 bits per heavy atom. The Morgan fingerprint density at radius 2 is 2.00 bits per heavy atom. The van der Waals surface area contributed by atoms with Gasteiger partial charge in [-0.15, -0.1) is 0 Å². The van der Waals surface area contributed by atoms with Crippen molar-refractivity contribution < 1.29 is 14.6 Å². The molecule has 1 saturated carbocycles. The van der Waals surface area contributed by atoms with Gasteiger partial charge in [-0.2, -0.15) is 0 Å². The number of nitrogens with two attached hydrogens (primary N) is 1. The first-order chi connectivity index (χ1) is 10.1. The summed E-state index contributed by atoms with van der Waals surface area (Å²) in [5.74, 6) is 1.75. The molecule has 0 spiro atoms. The molecule has 1 aliphatic carbocycles. The van der Waals surface area contributed by atoms with Crippen LogP contribution in [0.3, 0.4) is 0 Å². The molecule has 1 aromatic rings. The second-order valence-electron chi connectivity index (χ2n) is 5.62. The van der Waals surface area contributed by atoms with E-state index in [9.17, 15) is 5.11 Å². The number of ether oxygens (including phenoxy) is 2. The summed E-state index contributed by atoms with van der Waals surface area (Å²) in [6.07, 6.45) is 3.53. The SMILES string of the molecule is NC(=NCC1(O)CCC1)Nc1ccc2c(c1)OCCCO2. The number of anilines is 1. The zero-order valence-electron chi connectivity index (χ0n) is 12.0. The minimum atomic E-state index is -0.656. The van der Waals surface area contributed by atoms with Crippen molar-refractivity contribution in [1.82, 2.24) is 0 Å². The molecule has 6 nitrogen and oxygen atoms in total. The summed E-state index contributed by atoms with van der Waals surface area (Å²) in [5, 5.41) is 13.0. The van der Waals surface area contributed by atoms with E-state index in [1.807, 2.05) is 18.2 Å². The third-order valence-corrected chi connectivity index (χ3v) is 3.85. The van der Waals surface area contributed by atoms with Gasteiger partial charge in [-0.1, -0.05) is 0 Å². The van der Waals surface area contributed by atoms with E-state index in [1.165, 1.54) is 0 Å². The zero-order chi connectivity index (χ0) is 14.7. The van der Waals surface area contributed by atoms with Crippen LogP contribution >= 0.6 is 0 Å². The molecule has 0 saturated heterocycles. The molecule has 0 atom stereocenters. The van der Waals surface area contributed by atoms with Crippen LogP contribution in [0.2, 0.25) is 0 Å². The molecule has 0 amide bonds. The third kappa shape index (κ3) is 3.39. The Balaban J connectivity index is 1.64. The average Bonchev–Trinajstić information content (AvgIpc) is 2.68. The molecule has 0 aromatic heterocycles. The van der Waals surface area contributed by atoms with E-state index in [4.69, 9.17) is 15.2 Å². The molecule has 1 fully saturated rings. The summed E-state index contributed by atoms with van der Waals surface area (Å²) in [6, 6.07) is 5.57. The molecule has 0 radical (unpaired) electrons. The number of guanidine groups is 1. The van der Waals surface area contributed by atoms with Crippen LogP contribution in [-0.4, -0.2) is 36.4 Å². The molecule has 1 aliphatic heterocycles. The standard InChI is InChI=1S/C15H21N3O3/c16-14(17-10-15(19)5-1-6-15)18-11-3-4-12-13(9-11)21-8-2-7-20-12/h3-4,9,19H,1-2,5-8,10H2,(H3,16,17,18). The molecule has 114 valence electrons. The molecule has 0 bridgehead atoms. The fourth-order valence-electron chi connectivity index (χ4n) is 2.40. The van der Waals surface area contributed by atoms with E-state index in [0.29, 0.717) is 31.5 Å². The lowest BCUT2D eigenvalue weighted by atomic mass is 9.80. The quantitative estimate of drug-likeness (QED) is 0.580. The topological polar surface area (TPSA) is 89.1 Å². The first-order valence-corrected chi connectivity index (χ1v) is 7.34. The van der Waals surface area contributed by atoms with Crippen molar-refractivity contribution in [1.29, 1.82) is 0 Å². The number of hydrogen-bond donors (Lipinski definition) is 3. The van der Waals surface area contributed by atoms with Crippen LogP contribution in [0, 0.1) is 0 Å². The van der Waals surface area contributed by atoms with Gasteiger partial charge in [0.25, 0.3) is 0 Å². The molecule has 0 unspecified atom stereocenters. The Labute approximate surface area is 124 Å². The van der Waals surface area contributed by atoms with Crippen molar-refractivity contribution in [3.8, 4) is 11.5 Å². The van der Waals surface area contributed by atoms with Gasteiger partial charge in [-0.3, -0.25) is 4.99 Å². The lowest BCUT2D eigenvalue weighted by Crippen LogP contribution is -2.41. The van der Waals surface area contributed by atoms with Crippen LogP contribution in [0.1, 0.15) is 25.7 Å².